The van der Waals surface area contributed by atoms with Crippen molar-refractivity contribution in [1.82, 2.24) is 15.2 Å². The standard InChI is InChI=1S/C18H17N3O3S/c1-11(12-7-8-14(22)15(23)9-12)10-25-18-19-17(20-21-18)13-5-3-4-6-16(13)24-2/h3-9,22-23H,1,10H2,2H3,(H,19,20,21). The SMILES string of the molecule is C=C(CSc1n[nH]c(-c2ccccc2OC)n1)c1ccc(O)c(O)c1. The minimum Gasteiger partial charge on any atom is -0.504 e. The molecule has 0 aliphatic rings. The van der Waals surface area contributed by atoms with Crippen molar-refractivity contribution in [2.45, 2.75) is 5.16 Å². The fourth-order valence-corrected chi connectivity index (χ4v) is 2.99. The van der Waals surface area contributed by atoms with Gasteiger partial charge in [-0.15, -0.1) is 5.10 Å². The molecule has 0 fully saturated rings. The number of nitrogens with one attached hydrogen (secondary N) is 1. The second-order valence-corrected chi connectivity index (χ2v) is 6.21. The van der Waals surface area contributed by atoms with E-state index in [2.05, 4.69) is 21.8 Å². The molecule has 0 saturated heterocycles. The van der Waals surface area contributed by atoms with E-state index < -0.39 is 0 Å². The molecule has 0 atom stereocenters. The topological polar surface area (TPSA) is 91.3 Å². The van der Waals surface area contributed by atoms with Crippen LogP contribution in [0.25, 0.3) is 17.0 Å². The molecular weight excluding hydrogens is 338 g/mol. The van der Waals surface area contributed by atoms with Gasteiger partial charge in [0.05, 0.1) is 12.7 Å². The third-order valence-electron chi connectivity index (χ3n) is 3.59. The van der Waals surface area contributed by atoms with Crippen molar-refractivity contribution in [2.75, 3.05) is 12.9 Å². The first-order valence-electron chi connectivity index (χ1n) is 7.47. The van der Waals surface area contributed by atoms with Crippen molar-refractivity contribution in [3.63, 3.8) is 0 Å². The first-order chi connectivity index (χ1) is 12.1. The Morgan fingerprint density at radius 3 is 2.76 bits per heavy atom. The van der Waals surface area contributed by atoms with E-state index in [9.17, 15) is 10.2 Å². The van der Waals surface area contributed by atoms with Crippen LogP contribution in [0.15, 0.2) is 54.2 Å². The highest BCUT2D eigenvalue weighted by molar-refractivity contribution is 7.99. The van der Waals surface area contributed by atoms with Gasteiger partial charge in [0.2, 0.25) is 5.16 Å². The highest BCUT2D eigenvalue weighted by atomic mass is 32.2. The summed E-state index contributed by atoms with van der Waals surface area (Å²) in [6.07, 6.45) is 0. The van der Waals surface area contributed by atoms with Gasteiger partial charge in [0.25, 0.3) is 0 Å². The van der Waals surface area contributed by atoms with Crippen LogP contribution >= 0.6 is 11.8 Å². The molecule has 7 heteroatoms. The molecule has 3 aromatic rings. The first kappa shape index (κ1) is 16.9. The monoisotopic (exact) mass is 355 g/mol. The van der Waals surface area contributed by atoms with Gasteiger partial charge < -0.3 is 14.9 Å². The number of phenols is 2. The summed E-state index contributed by atoms with van der Waals surface area (Å²) in [6, 6.07) is 12.2. The molecule has 3 N–H and O–H groups in total. The Morgan fingerprint density at radius 1 is 1.20 bits per heavy atom. The number of aromatic hydroxyl groups is 2. The smallest absolute Gasteiger partial charge is 0.209 e. The molecule has 0 aliphatic carbocycles. The van der Waals surface area contributed by atoms with Gasteiger partial charge in [-0.3, -0.25) is 5.10 Å². The summed E-state index contributed by atoms with van der Waals surface area (Å²) in [5, 5.41) is 26.6. The molecule has 6 nitrogen and oxygen atoms in total. The molecule has 0 saturated carbocycles. The van der Waals surface area contributed by atoms with Crippen LogP contribution in [-0.4, -0.2) is 38.3 Å². The zero-order chi connectivity index (χ0) is 17.8. The van der Waals surface area contributed by atoms with E-state index >= 15 is 0 Å². The maximum absolute atomic E-state index is 9.57. The number of aromatic nitrogens is 3. The number of phenolic OH excluding ortho intramolecular Hbond substituents is 2. The van der Waals surface area contributed by atoms with E-state index in [1.807, 2.05) is 24.3 Å². The van der Waals surface area contributed by atoms with Crippen LogP contribution in [0.3, 0.4) is 0 Å². The Balaban J connectivity index is 1.69. The zero-order valence-electron chi connectivity index (χ0n) is 13.6. The van der Waals surface area contributed by atoms with Crippen LogP contribution in [0.5, 0.6) is 17.2 Å². The molecule has 1 aromatic heterocycles. The number of para-hydroxylation sites is 1. The van der Waals surface area contributed by atoms with Gasteiger partial charge in [-0.25, -0.2) is 4.98 Å². The summed E-state index contributed by atoms with van der Waals surface area (Å²) in [7, 11) is 1.61. The van der Waals surface area contributed by atoms with Crippen LogP contribution in [0.1, 0.15) is 5.56 Å². The normalized spacial score (nSPS) is 10.6. The number of ether oxygens (including phenoxy) is 1. The maximum atomic E-state index is 9.57. The predicted octanol–water partition coefficient (Wildman–Crippen LogP) is 3.70. The number of aromatic amines is 1. The lowest BCUT2D eigenvalue weighted by molar-refractivity contribution is 0.403. The molecule has 0 amide bonds. The van der Waals surface area contributed by atoms with E-state index in [4.69, 9.17) is 4.74 Å². The summed E-state index contributed by atoms with van der Waals surface area (Å²) >= 11 is 1.42. The minimum atomic E-state index is -0.167. The third kappa shape index (κ3) is 3.77. The quantitative estimate of drug-likeness (QED) is 0.461. The van der Waals surface area contributed by atoms with Crippen molar-refractivity contribution in [3.05, 3.63) is 54.6 Å². The van der Waals surface area contributed by atoms with Crippen molar-refractivity contribution in [3.8, 4) is 28.6 Å². The van der Waals surface area contributed by atoms with Crippen LogP contribution in [-0.2, 0) is 0 Å². The van der Waals surface area contributed by atoms with E-state index in [0.717, 1.165) is 22.4 Å². The van der Waals surface area contributed by atoms with Gasteiger partial charge in [-0.05, 0) is 35.4 Å². The molecule has 0 bridgehead atoms. The molecule has 25 heavy (non-hydrogen) atoms. The number of nitrogens with zero attached hydrogens (tertiary/aromatic N) is 2. The van der Waals surface area contributed by atoms with Crippen LogP contribution in [0.4, 0.5) is 0 Å². The fourth-order valence-electron chi connectivity index (χ4n) is 2.25. The second kappa shape index (κ2) is 7.31. The number of rotatable bonds is 6. The van der Waals surface area contributed by atoms with Crippen LogP contribution in [0.2, 0.25) is 0 Å². The van der Waals surface area contributed by atoms with E-state index in [0.29, 0.717) is 16.7 Å². The number of benzene rings is 2. The van der Waals surface area contributed by atoms with Gasteiger partial charge in [0.15, 0.2) is 17.3 Å². The number of hydrogen-bond acceptors (Lipinski definition) is 6. The zero-order valence-corrected chi connectivity index (χ0v) is 14.4. The Morgan fingerprint density at radius 2 is 2.00 bits per heavy atom. The predicted molar refractivity (Wildman–Crippen MR) is 97.9 cm³/mol. The van der Waals surface area contributed by atoms with Crippen molar-refractivity contribution < 1.29 is 14.9 Å². The average molecular weight is 355 g/mol. The highest BCUT2D eigenvalue weighted by Crippen LogP contribution is 2.31. The number of H-pyrrole nitrogens is 1. The lowest BCUT2D eigenvalue weighted by Crippen LogP contribution is -1.89. The summed E-state index contributed by atoms with van der Waals surface area (Å²) in [6.45, 7) is 4.00. The molecule has 3 rings (SSSR count). The lowest BCUT2D eigenvalue weighted by atomic mass is 10.1. The van der Waals surface area contributed by atoms with Crippen LogP contribution in [0, 0.1) is 0 Å². The van der Waals surface area contributed by atoms with Crippen molar-refractivity contribution in [1.29, 1.82) is 0 Å². The fraction of sp³-hybridized carbons (Fsp3) is 0.111. The molecule has 0 unspecified atom stereocenters. The molecular formula is C18H17N3O3S. The van der Waals surface area contributed by atoms with Gasteiger partial charge in [0.1, 0.15) is 5.75 Å². The lowest BCUT2D eigenvalue weighted by Gasteiger charge is -2.06. The van der Waals surface area contributed by atoms with E-state index in [1.54, 1.807) is 13.2 Å². The largest absolute Gasteiger partial charge is 0.504 e. The minimum absolute atomic E-state index is 0.153. The Hall–Kier alpha value is -2.93. The van der Waals surface area contributed by atoms with Crippen molar-refractivity contribution in [2.24, 2.45) is 0 Å². The molecule has 1 heterocycles. The summed E-state index contributed by atoms with van der Waals surface area (Å²) in [4.78, 5) is 4.47. The summed E-state index contributed by atoms with van der Waals surface area (Å²) < 4.78 is 5.33. The molecule has 128 valence electrons. The Labute approximate surface area is 149 Å². The van der Waals surface area contributed by atoms with Gasteiger partial charge in [-0.2, -0.15) is 0 Å². The highest BCUT2D eigenvalue weighted by Gasteiger charge is 2.11. The third-order valence-corrected chi connectivity index (χ3v) is 4.52. The van der Waals surface area contributed by atoms with Crippen molar-refractivity contribution >= 4 is 17.3 Å². The maximum Gasteiger partial charge on any atom is 0.209 e. The Bertz CT molecular complexity index is 908. The second-order valence-electron chi connectivity index (χ2n) is 5.26. The summed E-state index contributed by atoms with van der Waals surface area (Å²) in [5.41, 5.74) is 2.39. The average Bonchev–Trinajstić information content (AvgIpc) is 3.10. The van der Waals surface area contributed by atoms with Gasteiger partial charge >= 0.3 is 0 Å². The summed E-state index contributed by atoms with van der Waals surface area (Å²) in [5.74, 6) is 1.58. The number of hydrogen-bond donors (Lipinski definition) is 3. The first-order valence-corrected chi connectivity index (χ1v) is 8.45. The van der Waals surface area contributed by atoms with Gasteiger partial charge in [0, 0.05) is 5.75 Å². The Kier molecular flexibility index (Phi) is 4.95. The molecule has 0 radical (unpaired) electrons. The molecule has 0 aliphatic heterocycles. The van der Waals surface area contributed by atoms with Crippen LogP contribution < -0.4 is 4.74 Å². The molecule has 0 spiro atoms. The van der Waals surface area contributed by atoms with E-state index in [-0.39, 0.29) is 11.5 Å². The number of methoxy groups -OCH3 is 1. The number of thioether (sulfide) groups is 1. The molecule has 2 aromatic carbocycles. The van der Waals surface area contributed by atoms with Gasteiger partial charge in [-0.1, -0.05) is 36.5 Å². The van der Waals surface area contributed by atoms with E-state index in [1.165, 1.54) is 23.9 Å².